The van der Waals surface area contributed by atoms with Gasteiger partial charge in [0.25, 0.3) is 0 Å². The third-order valence-corrected chi connectivity index (χ3v) is 3.45. The topological polar surface area (TPSA) is 56.5 Å². The van der Waals surface area contributed by atoms with Crippen LogP contribution in [0.1, 0.15) is 62.2 Å². The van der Waals surface area contributed by atoms with Crippen molar-refractivity contribution in [3.63, 3.8) is 0 Å². The zero-order chi connectivity index (χ0) is 15.5. The van der Waals surface area contributed by atoms with Crippen LogP contribution in [0.3, 0.4) is 0 Å². The fraction of sp³-hybridized carbons (Fsp3) is 0.529. The average Bonchev–Trinajstić information content (AvgIpc) is 3.00. The van der Waals surface area contributed by atoms with E-state index >= 15 is 0 Å². The number of carbonyl (C=O) groups excluding carboxylic acids is 2. The molecule has 1 aromatic rings. The number of hydrogen-bond donors (Lipinski definition) is 0. The standard InChI is InChI=1S/C17H24O4/c1-3-5-6-7-8-9-10-15(17(19)21-4-2)16(18)14-11-12-20-13-14/h4,11-13,15H,2-3,5-10H2,1H3. The van der Waals surface area contributed by atoms with E-state index in [4.69, 9.17) is 9.15 Å². The van der Waals surface area contributed by atoms with Crippen LogP contribution < -0.4 is 0 Å². The van der Waals surface area contributed by atoms with Gasteiger partial charge in [0.15, 0.2) is 5.78 Å². The minimum Gasteiger partial charge on any atom is -0.472 e. The molecule has 4 nitrogen and oxygen atoms in total. The highest BCUT2D eigenvalue weighted by Crippen LogP contribution is 2.19. The molecule has 0 radical (unpaired) electrons. The van der Waals surface area contributed by atoms with E-state index in [1.54, 1.807) is 6.07 Å². The van der Waals surface area contributed by atoms with E-state index in [0.717, 1.165) is 25.5 Å². The maximum atomic E-state index is 12.3. The van der Waals surface area contributed by atoms with Crippen LogP contribution in [0.5, 0.6) is 0 Å². The highest BCUT2D eigenvalue weighted by atomic mass is 16.5. The molecule has 0 aliphatic heterocycles. The second kappa shape index (κ2) is 9.97. The molecular weight excluding hydrogens is 268 g/mol. The lowest BCUT2D eigenvalue weighted by Gasteiger charge is -2.12. The lowest BCUT2D eigenvalue weighted by atomic mass is 9.93. The minimum atomic E-state index is -0.772. The summed E-state index contributed by atoms with van der Waals surface area (Å²) in [7, 11) is 0. The average molecular weight is 292 g/mol. The second-order valence-corrected chi connectivity index (χ2v) is 5.09. The molecular formula is C17H24O4. The largest absolute Gasteiger partial charge is 0.472 e. The monoisotopic (exact) mass is 292 g/mol. The molecule has 0 aromatic carbocycles. The molecule has 1 aromatic heterocycles. The Morgan fingerprint density at radius 3 is 2.62 bits per heavy atom. The van der Waals surface area contributed by atoms with Crippen molar-refractivity contribution < 1.29 is 18.7 Å². The quantitative estimate of drug-likeness (QED) is 0.198. The zero-order valence-corrected chi connectivity index (χ0v) is 12.7. The van der Waals surface area contributed by atoms with Gasteiger partial charge in [-0.3, -0.25) is 9.59 Å². The van der Waals surface area contributed by atoms with Crippen molar-refractivity contribution in [2.45, 2.75) is 51.9 Å². The molecule has 1 unspecified atom stereocenters. The lowest BCUT2D eigenvalue weighted by Crippen LogP contribution is -2.25. The number of ether oxygens (including phenoxy) is 1. The highest BCUT2D eigenvalue weighted by Gasteiger charge is 2.28. The number of hydrogen-bond acceptors (Lipinski definition) is 4. The molecule has 1 atom stereocenters. The number of rotatable bonds is 11. The first-order chi connectivity index (χ1) is 10.2. The summed E-state index contributed by atoms with van der Waals surface area (Å²) in [5.41, 5.74) is 0.409. The van der Waals surface area contributed by atoms with Crippen LogP contribution in [0, 0.1) is 5.92 Å². The van der Waals surface area contributed by atoms with Crippen LogP contribution in [0.4, 0.5) is 0 Å². The van der Waals surface area contributed by atoms with E-state index in [-0.39, 0.29) is 5.78 Å². The molecule has 1 rings (SSSR count). The maximum absolute atomic E-state index is 12.3. The molecule has 0 amide bonds. The fourth-order valence-corrected chi connectivity index (χ4v) is 2.25. The van der Waals surface area contributed by atoms with Crippen LogP contribution in [0.15, 0.2) is 35.9 Å². The van der Waals surface area contributed by atoms with E-state index in [1.807, 2.05) is 0 Å². The summed E-state index contributed by atoms with van der Waals surface area (Å²) in [6, 6.07) is 1.57. The molecule has 0 saturated heterocycles. The Hall–Kier alpha value is -1.84. The summed E-state index contributed by atoms with van der Waals surface area (Å²) in [6.45, 7) is 5.53. The van der Waals surface area contributed by atoms with Gasteiger partial charge in [0.05, 0.1) is 18.1 Å². The Kier molecular flexibility index (Phi) is 8.17. The highest BCUT2D eigenvalue weighted by molar-refractivity contribution is 6.08. The van der Waals surface area contributed by atoms with E-state index in [1.165, 1.54) is 31.8 Å². The Labute approximate surface area is 126 Å². The van der Waals surface area contributed by atoms with Gasteiger partial charge in [-0.25, -0.2) is 0 Å². The van der Waals surface area contributed by atoms with Gasteiger partial charge in [0, 0.05) is 0 Å². The second-order valence-electron chi connectivity index (χ2n) is 5.09. The Morgan fingerprint density at radius 2 is 2.00 bits per heavy atom. The summed E-state index contributed by atoms with van der Waals surface area (Å²) < 4.78 is 9.69. The number of ketones is 1. The smallest absolute Gasteiger partial charge is 0.321 e. The van der Waals surface area contributed by atoms with Gasteiger partial charge in [0.2, 0.25) is 0 Å². The Balaban J connectivity index is 2.51. The first-order valence-corrected chi connectivity index (χ1v) is 7.58. The predicted molar refractivity (Wildman–Crippen MR) is 80.8 cm³/mol. The number of esters is 1. The SMILES string of the molecule is C=COC(=O)C(CCCCCCCC)C(=O)c1ccoc1. The maximum Gasteiger partial charge on any atom is 0.321 e. The molecule has 0 bridgehead atoms. The van der Waals surface area contributed by atoms with Crippen LogP contribution >= 0.6 is 0 Å². The molecule has 1 heterocycles. The van der Waals surface area contributed by atoms with Gasteiger partial charge < -0.3 is 9.15 Å². The van der Waals surface area contributed by atoms with Gasteiger partial charge in [-0.15, -0.1) is 0 Å². The predicted octanol–water partition coefficient (Wildman–Crippen LogP) is 4.52. The van der Waals surface area contributed by atoms with Crippen LogP contribution in [-0.4, -0.2) is 11.8 Å². The molecule has 21 heavy (non-hydrogen) atoms. The van der Waals surface area contributed by atoms with Crippen molar-refractivity contribution in [2.24, 2.45) is 5.92 Å². The van der Waals surface area contributed by atoms with Crippen LogP contribution in [-0.2, 0) is 9.53 Å². The van der Waals surface area contributed by atoms with Crippen molar-refractivity contribution in [1.29, 1.82) is 0 Å². The van der Waals surface area contributed by atoms with Crippen molar-refractivity contribution >= 4 is 11.8 Å². The van der Waals surface area contributed by atoms with Gasteiger partial charge in [-0.05, 0) is 12.5 Å². The molecule has 0 fully saturated rings. The third-order valence-electron chi connectivity index (χ3n) is 3.45. The first kappa shape index (κ1) is 17.2. The summed E-state index contributed by atoms with van der Waals surface area (Å²) in [5.74, 6) is -1.55. The number of furan rings is 1. The van der Waals surface area contributed by atoms with E-state index in [0.29, 0.717) is 12.0 Å². The number of carbonyl (C=O) groups is 2. The number of unbranched alkanes of at least 4 members (excludes halogenated alkanes) is 5. The van der Waals surface area contributed by atoms with E-state index < -0.39 is 11.9 Å². The molecule has 0 saturated carbocycles. The van der Waals surface area contributed by atoms with Crippen molar-refractivity contribution in [3.05, 3.63) is 37.0 Å². The molecule has 0 spiro atoms. The van der Waals surface area contributed by atoms with Gasteiger partial charge in [-0.2, -0.15) is 0 Å². The van der Waals surface area contributed by atoms with Crippen molar-refractivity contribution in [1.82, 2.24) is 0 Å². The van der Waals surface area contributed by atoms with Crippen molar-refractivity contribution in [2.75, 3.05) is 0 Å². The summed E-state index contributed by atoms with van der Waals surface area (Å²) in [5, 5.41) is 0. The van der Waals surface area contributed by atoms with Crippen molar-refractivity contribution in [3.8, 4) is 0 Å². The van der Waals surface area contributed by atoms with E-state index in [9.17, 15) is 9.59 Å². The van der Waals surface area contributed by atoms with Gasteiger partial charge in [0.1, 0.15) is 12.2 Å². The zero-order valence-electron chi connectivity index (χ0n) is 12.7. The lowest BCUT2D eigenvalue weighted by molar-refractivity contribution is -0.141. The molecule has 116 valence electrons. The Bertz CT molecular complexity index is 434. The van der Waals surface area contributed by atoms with E-state index in [2.05, 4.69) is 13.5 Å². The summed E-state index contributed by atoms with van der Waals surface area (Å²) >= 11 is 0. The molecule has 0 N–H and O–H groups in total. The fourth-order valence-electron chi connectivity index (χ4n) is 2.25. The summed E-state index contributed by atoms with van der Waals surface area (Å²) in [6.07, 6.45) is 11.0. The minimum absolute atomic E-state index is 0.246. The third kappa shape index (κ3) is 5.98. The normalized spacial score (nSPS) is 11.9. The summed E-state index contributed by atoms with van der Waals surface area (Å²) in [4.78, 5) is 24.2. The molecule has 0 aliphatic carbocycles. The van der Waals surface area contributed by atoms with Crippen LogP contribution in [0.25, 0.3) is 0 Å². The first-order valence-electron chi connectivity index (χ1n) is 7.58. The van der Waals surface area contributed by atoms with Gasteiger partial charge in [-0.1, -0.05) is 52.0 Å². The molecule has 0 aliphatic rings. The van der Waals surface area contributed by atoms with Crippen LogP contribution in [0.2, 0.25) is 0 Å². The number of Topliss-reactive ketones (excluding diaryl/α,β-unsaturated/α-hetero) is 1. The molecule has 4 heteroatoms. The Morgan fingerprint density at radius 1 is 1.29 bits per heavy atom. The van der Waals surface area contributed by atoms with Gasteiger partial charge >= 0.3 is 5.97 Å².